The average Bonchev–Trinajstić information content (AvgIpc) is 2.77. The molecule has 2 aliphatic heterocycles. The van der Waals surface area contributed by atoms with Gasteiger partial charge in [0.25, 0.3) is 5.91 Å². The average molecular weight is 424 g/mol. The summed E-state index contributed by atoms with van der Waals surface area (Å²) in [6.45, 7) is 8.11. The van der Waals surface area contributed by atoms with Crippen LogP contribution in [0.2, 0.25) is 0 Å². The molecule has 1 atom stereocenters. The molecule has 4 rings (SSSR count). The molecule has 1 aliphatic carbocycles. The van der Waals surface area contributed by atoms with E-state index in [9.17, 15) is 9.59 Å². The van der Waals surface area contributed by atoms with Crippen molar-refractivity contribution >= 4 is 17.7 Å². The summed E-state index contributed by atoms with van der Waals surface area (Å²) >= 11 is 0. The number of anilines is 1. The Morgan fingerprint density at radius 3 is 2.74 bits per heavy atom. The van der Waals surface area contributed by atoms with E-state index in [2.05, 4.69) is 16.0 Å². The number of hydrogen-bond donors (Lipinski definition) is 0. The molecule has 0 saturated heterocycles. The summed E-state index contributed by atoms with van der Waals surface area (Å²) in [5.41, 5.74) is 1.01. The van der Waals surface area contributed by atoms with Gasteiger partial charge < -0.3 is 19.3 Å². The molecule has 1 amide bonds. The summed E-state index contributed by atoms with van der Waals surface area (Å²) in [4.78, 5) is 33.6. The number of rotatable bonds is 3. The number of carbonyl (C=O) groups excluding carboxylic acids is 2. The topological polar surface area (TPSA) is 72.0 Å². The summed E-state index contributed by atoms with van der Waals surface area (Å²) in [6, 6.07) is 1.78. The third-order valence-electron chi connectivity index (χ3n) is 5.35. The van der Waals surface area contributed by atoms with E-state index in [4.69, 9.17) is 9.47 Å². The first kappa shape index (κ1) is 21.2. The predicted octanol–water partition coefficient (Wildman–Crippen LogP) is 3.48. The van der Waals surface area contributed by atoms with Gasteiger partial charge in [0.15, 0.2) is 11.6 Å². The predicted molar refractivity (Wildman–Crippen MR) is 118 cm³/mol. The summed E-state index contributed by atoms with van der Waals surface area (Å²) in [7, 11) is 0. The highest BCUT2D eigenvalue weighted by molar-refractivity contribution is 5.95. The molecule has 1 aromatic heterocycles. The number of esters is 1. The fraction of sp³-hybridized carbons (Fsp3) is 0.458. The first-order valence-electron chi connectivity index (χ1n) is 10.8. The Hall–Kier alpha value is -3.09. The Balaban J connectivity index is 1.48. The first-order chi connectivity index (χ1) is 14.8. The van der Waals surface area contributed by atoms with E-state index in [1.165, 1.54) is 0 Å². The van der Waals surface area contributed by atoms with Crippen molar-refractivity contribution < 1.29 is 19.1 Å². The van der Waals surface area contributed by atoms with Gasteiger partial charge >= 0.3 is 5.97 Å². The van der Waals surface area contributed by atoms with Crippen LogP contribution in [-0.4, -0.2) is 53.6 Å². The van der Waals surface area contributed by atoms with Crippen molar-refractivity contribution in [2.75, 3.05) is 31.1 Å². The fourth-order valence-corrected chi connectivity index (χ4v) is 3.84. The van der Waals surface area contributed by atoms with Crippen molar-refractivity contribution in [3.05, 3.63) is 53.9 Å². The maximum Gasteiger partial charge on any atom is 0.313 e. The van der Waals surface area contributed by atoms with Crippen molar-refractivity contribution in [1.82, 2.24) is 9.88 Å². The molecular formula is C24H29N3O4. The Morgan fingerprint density at radius 1 is 1.23 bits per heavy atom. The number of ether oxygens (including phenoxy) is 2. The number of nitrogens with zero attached hydrogens (tertiary/aromatic N) is 3. The van der Waals surface area contributed by atoms with Crippen LogP contribution in [0.4, 0.5) is 5.82 Å². The van der Waals surface area contributed by atoms with E-state index in [0.29, 0.717) is 43.2 Å². The van der Waals surface area contributed by atoms with Gasteiger partial charge in [-0.25, -0.2) is 4.98 Å². The highest BCUT2D eigenvalue weighted by Crippen LogP contribution is 2.34. The molecule has 31 heavy (non-hydrogen) atoms. The normalized spacial score (nSPS) is 20.6. The molecule has 164 valence electrons. The largest absolute Gasteiger partial charge is 0.488 e. The molecule has 1 aromatic rings. The minimum Gasteiger partial charge on any atom is -0.488 e. The number of hydrogen-bond acceptors (Lipinski definition) is 6. The van der Waals surface area contributed by atoms with Crippen LogP contribution in [0, 0.1) is 5.92 Å². The minimum atomic E-state index is -0.498. The zero-order valence-electron chi connectivity index (χ0n) is 18.3. The summed E-state index contributed by atoms with van der Waals surface area (Å²) in [6.07, 6.45) is 13.0. The van der Waals surface area contributed by atoms with Gasteiger partial charge in [-0.05, 0) is 45.8 Å². The zero-order chi connectivity index (χ0) is 22.0. The molecule has 0 N–H and O–H groups in total. The SMILES string of the molecule is CC(C)(C)OC(=O)C1C=CC(N2CCOc3cc(C(=O)N4CC=CCC4)cnc32)=CC1. The van der Waals surface area contributed by atoms with Crippen LogP contribution in [-0.2, 0) is 9.53 Å². The van der Waals surface area contributed by atoms with E-state index >= 15 is 0 Å². The molecule has 7 heteroatoms. The number of pyridine rings is 1. The van der Waals surface area contributed by atoms with Crippen LogP contribution >= 0.6 is 0 Å². The summed E-state index contributed by atoms with van der Waals surface area (Å²) < 4.78 is 11.3. The number of carbonyl (C=O) groups is 2. The molecule has 3 heterocycles. The molecule has 0 saturated carbocycles. The van der Waals surface area contributed by atoms with Crippen molar-refractivity contribution in [3.63, 3.8) is 0 Å². The first-order valence-corrected chi connectivity index (χ1v) is 10.8. The van der Waals surface area contributed by atoms with Crippen molar-refractivity contribution in [1.29, 1.82) is 0 Å². The van der Waals surface area contributed by atoms with Gasteiger partial charge in [0.05, 0.1) is 18.0 Å². The summed E-state index contributed by atoms with van der Waals surface area (Å²) in [5.74, 6) is 0.767. The lowest BCUT2D eigenvalue weighted by Crippen LogP contribution is -2.35. The molecule has 0 bridgehead atoms. The zero-order valence-corrected chi connectivity index (χ0v) is 18.3. The Kier molecular flexibility index (Phi) is 5.85. The van der Waals surface area contributed by atoms with E-state index < -0.39 is 5.60 Å². The highest BCUT2D eigenvalue weighted by atomic mass is 16.6. The Labute approximate surface area is 183 Å². The number of amides is 1. The second kappa shape index (κ2) is 8.57. The third-order valence-corrected chi connectivity index (χ3v) is 5.35. The molecule has 0 spiro atoms. The molecule has 7 nitrogen and oxygen atoms in total. The summed E-state index contributed by atoms with van der Waals surface area (Å²) in [5, 5.41) is 0. The minimum absolute atomic E-state index is 0.0302. The molecular weight excluding hydrogens is 394 g/mol. The second-order valence-electron chi connectivity index (χ2n) is 8.92. The van der Waals surface area contributed by atoms with Gasteiger partial charge in [-0.15, -0.1) is 0 Å². The lowest BCUT2D eigenvalue weighted by molar-refractivity contribution is -0.158. The molecule has 3 aliphatic rings. The smallest absolute Gasteiger partial charge is 0.313 e. The highest BCUT2D eigenvalue weighted by Gasteiger charge is 2.28. The standard InChI is InChI=1S/C24H29N3O4/c1-24(2,3)31-23(29)17-7-9-19(10-8-17)27-13-14-30-20-15-18(16-25-21(20)27)22(28)26-11-5-4-6-12-26/h4-5,7,9-10,15-17H,6,8,11-14H2,1-3H3. The lowest BCUT2D eigenvalue weighted by atomic mass is 9.98. The Bertz CT molecular complexity index is 958. The van der Waals surface area contributed by atoms with Crippen molar-refractivity contribution in [2.45, 2.75) is 39.2 Å². The molecule has 1 unspecified atom stereocenters. The number of allylic oxidation sites excluding steroid dienone is 2. The monoisotopic (exact) mass is 423 g/mol. The molecule has 0 radical (unpaired) electrons. The van der Waals surface area contributed by atoms with Crippen LogP contribution in [0.25, 0.3) is 0 Å². The van der Waals surface area contributed by atoms with Crippen LogP contribution in [0.3, 0.4) is 0 Å². The van der Waals surface area contributed by atoms with Crippen LogP contribution in [0.1, 0.15) is 44.0 Å². The Morgan fingerprint density at radius 2 is 2.06 bits per heavy atom. The molecule has 0 fully saturated rings. The molecule has 0 aromatic carbocycles. The van der Waals surface area contributed by atoms with Crippen LogP contribution in [0.5, 0.6) is 5.75 Å². The van der Waals surface area contributed by atoms with Crippen LogP contribution < -0.4 is 9.64 Å². The maximum atomic E-state index is 12.8. The van der Waals surface area contributed by atoms with Gasteiger partial charge in [-0.2, -0.15) is 0 Å². The van der Waals surface area contributed by atoms with E-state index in [0.717, 1.165) is 18.7 Å². The van der Waals surface area contributed by atoms with Crippen molar-refractivity contribution in [2.24, 2.45) is 5.92 Å². The van der Waals surface area contributed by atoms with Crippen molar-refractivity contribution in [3.8, 4) is 5.75 Å². The second-order valence-corrected chi connectivity index (χ2v) is 8.92. The van der Waals surface area contributed by atoms with Gasteiger partial charge in [0, 0.05) is 25.0 Å². The number of aromatic nitrogens is 1. The maximum absolute atomic E-state index is 12.8. The van der Waals surface area contributed by atoms with Gasteiger partial charge in [0.1, 0.15) is 12.2 Å². The quantitative estimate of drug-likeness (QED) is 0.548. The van der Waals surface area contributed by atoms with Gasteiger partial charge in [-0.3, -0.25) is 9.59 Å². The van der Waals surface area contributed by atoms with Gasteiger partial charge in [-0.1, -0.05) is 24.3 Å². The van der Waals surface area contributed by atoms with E-state index in [1.54, 1.807) is 12.3 Å². The fourth-order valence-electron chi connectivity index (χ4n) is 3.84. The van der Waals surface area contributed by atoms with Gasteiger partial charge in [0.2, 0.25) is 0 Å². The third kappa shape index (κ3) is 4.81. The number of fused-ring (bicyclic) bond motifs is 1. The van der Waals surface area contributed by atoms with E-state index in [-0.39, 0.29) is 17.8 Å². The van der Waals surface area contributed by atoms with Crippen LogP contribution in [0.15, 0.2) is 48.3 Å². The lowest BCUT2D eigenvalue weighted by Gasteiger charge is -2.33. The van der Waals surface area contributed by atoms with E-state index in [1.807, 2.05) is 50.0 Å².